The van der Waals surface area contributed by atoms with Crippen molar-refractivity contribution >= 4 is 6.21 Å². The molecule has 0 saturated heterocycles. The molecule has 1 aliphatic rings. The maximum absolute atomic E-state index is 5.55. The molecule has 0 bridgehead atoms. The van der Waals surface area contributed by atoms with Crippen molar-refractivity contribution in [3.8, 4) is 0 Å². The second-order valence-electron chi connectivity index (χ2n) is 5.47. The summed E-state index contributed by atoms with van der Waals surface area (Å²) >= 11 is 0. The summed E-state index contributed by atoms with van der Waals surface area (Å²) in [6.45, 7) is 4.59. The zero-order chi connectivity index (χ0) is 13.4. The highest BCUT2D eigenvalue weighted by atomic mass is 16.6. The Morgan fingerprint density at radius 1 is 1.16 bits per heavy atom. The number of rotatable bonds is 6. The largest absolute Gasteiger partial charge is 0.395 e. The van der Waals surface area contributed by atoms with Crippen LogP contribution in [0.25, 0.3) is 0 Å². The van der Waals surface area contributed by atoms with Crippen LogP contribution in [0.4, 0.5) is 0 Å². The molecule has 1 aromatic rings. The molecule has 0 heterocycles. The molecule has 2 rings (SSSR count). The normalized spacial score (nSPS) is 18.3. The molecule has 1 fully saturated rings. The van der Waals surface area contributed by atoms with Gasteiger partial charge < -0.3 is 4.84 Å². The monoisotopic (exact) mass is 257 g/mol. The van der Waals surface area contributed by atoms with Gasteiger partial charge in [-0.05, 0) is 24.8 Å². The van der Waals surface area contributed by atoms with Crippen LogP contribution in [0.5, 0.6) is 0 Å². The molecule has 0 N–H and O–H groups in total. The highest BCUT2D eigenvalue weighted by Crippen LogP contribution is 2.39. The van der Waals surface area contributed by atoms with Crippen molar-refractivity contribution in [2.75, 3.05) is 6.61 Å². The number of oxime groups is 1. The zero-order valence-electron chi connectivity index (χ0n) is 11.6. The predicted octanol–water partition coefficient (Wildman–Crippen LogP) is 4.56. The van der Waals surface area contributed by atoms with Gasteiger partial charge in [-0.25, -0.2) is 0 Å². The van der Waals surface area contributed by atoms with Crippen molar-refractivity contribution in [2.24, 2.45) is 10.6 Å². The van der Waals surface area contributed by atoms with Crippen LogP contribution in [-0.2, 0) is 4.84 Å². The Bertz CT molecular complexity index is 405. The van der Waals surface area contributed by atoms with E-state index in [1.165, 1.54) is 32.1 Å². The van der Waals surface area contributed by atoms with E-state index in [0.29, 0.717) is 6.61 Å². The summed E-state index contributed by atoms with van der Waals surface area (Å²) in [6.07, 6.45) is 11.3. The number of hydrogen-bond acceptors (Lipinski definition) is 2. The Kier molecular flexibility index (Phi) is 5.20. The third kappa shape index (κ3) is 4.23. The zero-order valence-corrected chi connectivity index (χ0v) is 11.6. The standard InChI is InChI=1S/C17H23NO/c1-2-11-17(12-7-4-8-13-17)15-19-18-14-16-9-5-3-6-10-16/h2-3,5-6,9-10,14H,1,4,7-8,11-13,15H2/b18-14+. The summed E-state index contributed by atoms with van der Waals surface area (Å²) < 4.78 is 0. The van der Waals surface area contributed by atoms with Crippen LogP contribution < -0.4 is 0 Å². The number of nitrogens with zero attached hydrogens (tertiary/aromatic N) is 1. The molecule has 0 unspecified atom stereocenters. The molecular weight excluding hydrogens is 234 g/mol. The van der Waals surface area contributed by atoms with Gasteiger partial charge in [0.05, 0.1) is 6.21 Å². The lowest BCUT2D eigenvalue weighted by Crippen LogP contribution is -2.28. The first-order valence-corrected chi connectivity index (χ1v) is 7.16. The molecule has 0 amide bonds. The van der Waals surface area contributed by atoms with Crippen LogP contribution in [0.15, 0.2) is 48.1 Å². The Morgan fingerprint density at radius 2 is 1.89 bits per heavy atom. The van der Waals surface area contributed by atoms with Crippen molar-refractivity contribution in [3.05, 3.63) is 48.6 Å². The number of allylic oxidation sites excluding steroid dienone is 1. The van der Waals surface area contributed by atoms with Crippen molar-refractivity contribution in [1.29, 1.82) is 0 Å². The van der Waals surface area contributed by atoms with E-state index in [-0.39, 0.29) is 5.41 Å². The molecule has 0 radical (unpaired) electrons. The molecule has 2 nitrogen and oxygen atoms in total. The second kappa shape index (κ2) is 7.13. The fraction of sp³-hybridized carbons (Fsp3) is 0.471. The lowest BCUT2D eigenvalue weighted by Gasteiger charge is -2.35. The molecule has 0 atom stereocenters. The fourth-order valence-corrected chi connectivity index (χ4v) is 2.83. The van der Waals surface area contributed by atoms with Gasteiger partial charge in [0.15, 0.2) is 0 Å². The van der Waals surface area contributed by atoms with Gasteiger partial charge in [-0.3, -0.25) is 0 Å². The van der Waals surface area contributed by atoms with E-state index < -0.39 is 0 Å². The molecule has 1 aromatic carbocycles. The number of hydrogen-bond donors (Lipinski definition) is 0. The average Bonchev–Trinajstić information content (AvgIpc) is 2.46. The van der Waals surface area contributed by atoms with Gasteiger partial charge in [0.1, 0.15) is 6.61 Å². The van der Waals surface area contributed by atoms with Crippen LogP contribution in [0.2, 0.25) is 0 Å². The van der Waals surface area contributed by atoms with Gasteiger partial charge in [-0.1, -0.05) is 60.8 Å². The highest BCUT2D eigenvalue weighted by molar-refractivity contribution is 5.78. The minimum atomic E-state index is 0.272. The van der Waals surface area contributed by atoms with Crippen LogP contribution >= 0.6 is 0 Å². The molecule has 0 spiro atoms. The van der Waals surface area contributed by atoms with E-state index in [9.17, 15) is 0 Å². The van der Waals surface area contributed by atoms with Gasteiger partial charge in [-0.2, -0.15) is 0 Å². The van der Waals surface area contributed by atoms with Crippen LogP contribution in [0.1, 0.15) is 44.1 Å². The predicted molar refractivity (Wildman–Crippen MR) is 80.3 cm³/mol. The maximum Gasteiger partial charge on any atom is 0.123 e. The lowest BCUT2D eigenvalue weighted by atomic mass is 9.72. The average molecular weight is 257 g/mol. The Balaban J connectivity index is 1.85. The molecule has 2 heteroatoms. The van der Waals surface area contributed by atoms with Crippen molar-refractivity contribution in [1.82, 2.24) is 0 Å². The first-order chi connectivity index (χ1) is 9.35. The summed E-state index contributed by atoms with van der Waals surface area (Å²) in [6, 6.07) is 10.0. The smallest absolute Gasteiger partial charge is 0.123 e. The van der Waals surface area contributed by atoms with Crippen LogP contribution in [0, 0.1) is 5.41 Å². The van der Waals surface area contributed by atoms with Gasteiger partial charge in [0.25, 0.3) is 0 Å². The van der Waals surface area contributed by atoms with Gasteiger partial charge in [-0.15, -0.1) is 6.58 Å². The van der Waals surface area contributed by atoms with Gasteiger partial charge >= 0.3 is 0 Å². The minimum Gasteiger partial charge on any atom is -0.395 e. The van der Waals surface area contributed by atoms with Crippen molar-refractivity contribution in [3.63, 3.8) is 0 Å². The summed E-state index contributed by atoms with van der Waals surface area (Å²) in [5.41, 5.74) is 1.34. The lowest BCUT2D eigenvalue weighted by molar-refractivity contribution is 0.0254. The number of benzene rings is 1. The van der Waals surface area contributed by atoms with Gasteiger partial charge in [0.2, 0.25) is 0 Å². The highest BCUT2D eigenvalue weighted by Gasteiger charge is 2.31. The Hall–Kier alpha value is -1.57. The first kappa shape index (κ1) is 13.9. The summed E-state index contributed by atoms with van der Waals surface area (Å²) in [7, 11) is 0. The first-order valence-electron chi connectivity index (χ1n) is 7.16. The molecular formula is C17H23NO. The summed E-state index contributed by atoms with van der Waals surface area (Å²) in [4.78, 5) is 5.55. The van der Waals surface area contributed by atoms with Crippen molar-refractivity contribution in [2.45, 2.75) is 38.5 Å². The topological polar surface area (TPSA) is 21.6 Å². The molecule has 0 aromatic heterocycles. The molecule has 102 valence electrons. The van der Waals surface area contributed by atoms with E-state index >= 15 is 0 Å². The van der Waals surface area contributed by atoms with Crippen LogP contribution in [-0.4, -0.2) is 12.8 Å². The van der Waals surface area contributed by atoms with Crippen molar-refractivity contribution < 1.29 is 4.84 Å². The minimum absolute atomic E-state index is 0.272. The van der Waals surface area contributed by atoms with E-state index in [0.717, 1.165) is 12.0 Å². The fourth-order valence-electron chi connectivity index (χ4n) is 2.83. The quantitative estimate of drug-likeness (QED) is 0.416. The van der Waals surface area contributed by atoms with E-state index in [1.807, 2.05) is 36.4 Å². The summed E-state index contributed by atoms with van der Waals surface area (Å²) in [5.74, 6) is 0. The molecule has 19 heavy (non-hydrogen) atoms. The third-order valence-corrected chi connectivity index (χ3v) is 3.94. The van der Waals surface area contributed by atoms with Gasteiger partial charge in [0, 0.05) is 5.41 Å². The third-order valence-electron chi connectivity index (χ3n) is 3.94. The second-order valence-corrected chi connectivity index (χ2v) is 5.47. The Morgan fingerprint density at radius 3 is 2.58 bits per heavy atom. The van der Waals surface area contributed by atoms with E-state index in [4.69, 9.17) is 4.84 Å². The summed E-state index contributed by atoms with van der Waals surface area (Å²) in [5, 5.41) is 4.10. The SMILES string of the molecule is C=CCC1(CO/N=C/c2ccccc2)CCCCC1. The molecule has 1 saturated carbocycles. The Labute approximate surface area is 116 Å². The maximum atomic E-state index is 5.55. The molecule has 1 aliphatic carbocycles. The molecule has 0 aliphatic heterocycles. The van der Waals surface area contributed by atoms with E-state index in [1.54, 1.807) is 6.21 Å². The van der Waals surface area contributed by atoms with Crippen LogP contribution in [0.3, 0.4) is 0 Å². The van der Waals surface area contributed by atoms with E-state index in [2.05, 4.69) is 11.7 Å².